The summed E-state index contributed by atoms with van der Waals surface area (Å²) in [5.74, 6) is -0.460. The molecule has 0 fully saturated rings. The highest BCUT2D eigenvalue weighted by Gasteiger charge is 2.35. The molecule has 10 heteroatoms. The van der Waals surface area contributed by atoms with E-state index in [1.54, 1.807) is 0 Å². The Morgan fingerprint density at radius 1 is 1.21 bits per heavy atom. The number of alkyl halides is 3. The zero-order valence-corrected chi connectivity index (χ0v) is 16.5. The fraction of sp³-hybridized carbons (Fsp3) is 0.421. The Bertz CT molecular complexity index is 1000. The molecule has 0 radical (unpaired) electrons. The molecule has 0 bridgehead atoms. The standard InChI is InChI=1S/C19H23F3N6O/c1-4-27(5-2)10-11-28-15-9-7-6-8-13(15)23-18(28)24-17(29)14-12-16(19(20,21)22)26(3)25-14/h6-9,12H,4-5,10-11H2,1-3H3,(H,23,24,29). The molecule has 7 nitrogen and oxygen atoms in total. The maximum absolute atomic E-state index is 13.0. The molecule has 156 valence electrons. The maximum Gasteiger partial charge on any atom is 0.433 e. The number of para-hydroxylation sites is 2. The van der Waals surface area contributed by atoms with E-state index in [0.717, 1.165) is 38.3 Å². The number of amides is 1. The minimum absolute atomic E-state index is 0.280. The van der Waals surface area contributed by atoms with Gasteiger partial charge in [-0.25, -0.2) is 4.98 Å². The van der Waals surface area contributed by atoms with E-state index in [9.17, 15) is 18.0 Å². The van der Waals surface area contributed by atoms with Crippen LogP contribution in [0.25, 0.3) is 11.0 Å². The fourth-order valence-corrected chi connectivity index (χ4v) is 3.19. The minimum Gasteiger partial charge on any atom is -0.309 e. The molecule has 0 aliphatic heterocycles. The van der Waals surface area contributed by atoms with E-state index in [0.29, 0.717) is 16.7 Å². The highest BCUT2D eigenvalue weighted by Crippen LogP contribution is 2.29. The first kappa shape index (κ1) is 20.8. The Hall–Kier alpha value is -2.88. The summed E-state index contributed by atoms with van der Waals surface area (Å²) in [6.45, 7) is 7.23. The van der Waals surface area contributed by atoms with Crippen LogP contribution < -0.4 is 5.32 Å². The number of aryl methyl sites for hydroxylation is 1. The number of fused-ring (bicyclic) bond motifs is 1. The lowest BCUT2D eigenvalue weighted by Crippen LogP contribution is -2.27. The van der Waals surface area contributed by atoms with Crippen LogP contribution >= 0.6 is 0 Å². The molecule has 0 saturated carbocycles. The van der Waals surface area contributed by atoms with Crippen LogP contribution in [0, 0.1) is 0 Å². The number of halogens is 3. The van der Waals surface area contributed by atoms with Crippen molar-refractivity contribution in [1.29, 1.82) is 0 Å². The molecule has 0 saturated heterocycles. The van der Waals surface area contributed by atoms with Crippen LogP contribution in [0.1, 0.15) is 30.0 Å². The molecule has 0 aliphatic carbocycles. The second-order valence-electron chi connectivity index (χ2n) is 6.59. The molecule has 1 N–H and O–H groups in total. The first-order valence-corrected chi connectivity index (χ1v) is 9.34. The van der Waals surface area contributed by atoms with E-state index >= 15 is 0 Å². The summed E-state index contributed by atoms with van der Waals surface area (Å²) >= 11 is 0. The molecule has 0 spiro atoms. The molecule has 1 amide bonds. The average Bonchev–Trinajstić information content (AvgIpc) is 3.23. The number of carbonyl (C=O) groups is 1. The van der Waals surface area contributed by atoms with Gasteiger partial charge < -0.3 is 9.47 Å². The molecular formula is C19H23F3N6O. The zero-order valence-electron chi connectivity index (χ0n) is 16.5. The summed E-state index contributed by atoms with van der Waals surface area (Å²) in [6, 6.07) is 8.16. The number of imidazole rings is 1. The quantitative estimate of drug-likeness (QED) is 0.651. The van der Waals surface area contributed by atoms with Crippen LogP contribution in [-0.2, 0) is 19.8 Å². The second-order valence-corrected chi connectivity index (χ2v) is 6.59. The van der Waals surface area contributed by atoms with Crippen LogP contribution in [-0.4, -0.2) is 49.8 Å². The Kier molecular flexibility index (Phi) is 5.92. The third-order valence-corrected chi connectivity index (χ3v) is 4.82. The lowest BCUT2D eigenvalue weighted by Gasteiger charge is -2.19. The molecule has 3 aromatic rings. The van der Waals surface area contributed by atoms with Crippen LogP contribution in [0.15, 0.2) is 30.3 Å². The number of hydrogen-bond acceptors (Lipinski definition) is 4. The van der Waals surface area contributed by atoms with Gasteiger partial charge in [-0.15, -0.1) is 0 Å². The molecule has 2 heterocycles. The maximum atomic E-state index is 13.0. The molecular weight excluding hydrogens is 385 g/mol. The summed E-state index contributed by atoms with van der Waals surface area (Å²) in [5.41, 5.74) is 0.228. The van der Waals surface area contributed by atoms with Gasteiger partial charge in [-0.1, -0.05) is 26.0 Å². The van der Waals surface area contributed by atoms with Crippen molar-refractivity contribution in [2.24, 2.45) is 7.05 Å². The number of hydrogen-bond donors (Lipinski definition) is 1. The van der Waals surface area contributed by atoms with E-state index in [1.165, 1.54) is 0 Å². The third kappa shape index (κ3) is 4.42. The monoisotopic (exact) mass is 408 g/mol. The predicted octanol–water partition coefficient (Wildman–Crippen LogP) is 3.38. The zero-order chi connectivity index (χ0) is 21.2. The van der Waals surface area contributed by atoms with Gasteiger partial charge in [0.25, 0.3) is 5.91 Å². The van der Waals surface area contributed by atoms with Gasteiger partial charge in [0.15, 0.2) is 5.69 Å². The van der Waals surface area contributed by atoms with Gasteiger partial charge in [0, 0.05) is 26.2 Å². The Balaban J connectivity index is 1.89. The van der Waals surface area contributed by atoms with Crippen LogP contribution in [0.2, 0.25) is 0 Å². The first-order chi connectivity index (χ1) is 13.7. The molecule has 0 aliphatic rings. The average molecular weight is 408 g/mol. The van der Waals surface area contributed by atoms with Gasteiger partial charge in [0.2, 0.25) is 5.95 Å². The number of rotatable bonds is 7. The number of nitrogens with one attached hydrogen (secondary N) is 1. The largest absolute Gasteiger partial charge is 0.433 e. The molecule has 2 aromatic heterocycles. The lowest BCUT2D eigenvalue weighted by atomic mass is 10.3. The number of nitrogens with zero attached hydrogens (tertiary/aromatic N) is 5. The van der Waals surface area contributed by atoms with Crippen LogP contribution in [0.4, 0.5) is 19.1 Å². The number of carbonyl (C=O) groups excluding carboxylic acids is 1. The SMILES string of the molecule is CCN(CC)CCn1c(NC(=O)c2cc(C(F)(F)F)n(C)n2)nc2ccccc21. The molecule has 1 aromatic carbocycles. The van der Waals surface area contributed by atoms with Crippen molar-refractivity contribution >= 4 is 22.9 Å². The predicted molar refractivity (Wildman–Crippen MR) is 104 cm³/mol. The van der Waals surface area contributed by atoms with E-state index < -0.39 is 17.8 Å². The van der Waals surface area contributed by atoms with Crippen molar-refractivity contribution in [2.75, 3.05) is 25.0 Å². The highest BCUT2D eigenvalue weighted by atomic mass is 19.4. The Labute approximate surface area is 166 Å². The third-order valence-electron chi connectivity index (χ3n) is 4.82. The summed E-state index contributed by atoms with van der Waals surface area (Å²) in [4.78, 5) is 19.2. The Morgan fingerprint density at radius 3 is 2.52 bits per heavy atom. The van der Waals surface area contributed by atoms with Crippen molar-refractivity contribution in [3.63, 3.8) is 0 Å². The van der Waals surface area contributed by atoms with Crippen LogP contribution in [0.5, 0.6) is 0 Å². The van der Waals surface area contributed by atoms with Crippen molar-refractivity contribution in [1.82, 2.24) is 24.2 Å². The first-order valence-electron chi connectivity index (χ1n) is 9.34. The van der Waals surface area contributed by atoms with Crippen LogP contribution in [0.3, 0.4) is 0 Å². The number of benzene rings is 1. The topological polar surface area (TPSA) is 68.0 Å². The summed E-state index contributed by atoms with van der Waals surface area (Å²) in [6.07, 6.45) is -4.59. The van der Waals surface area contributed by atoms with E-state index in [1.807, 2.05) is 28.8 Å². The molecule has 0 atom stereocenters. The van der Waals surface area contributed by atoms with Crippen molar-refractivity contribution in [3.05, 3.63) is 41.7 Å². The van der Waals surface area contributed by atoms with Gasteiger partial charge in [0.1, 0.15) is 5.69 Å². The second kappa shape index (κ2) is 8.24. The normalized spacial score (nSPS) is 12.1. The molecule has 3 rings (SSSR count). The van der Waals surface area contributed by atoms with E-state index in [2.05, 4.69) is 34.1 Å². The number of anilines is 1. The summed E-state index contributed by atoms with van der Waals surface area (Å²) in [7, 11) is 1.15. The summed E-state index contributed by atoms with van der Waals surface area (Å²) < 4.78 is 41.5. The van der Waals surface area contributed by atoms with E-state index in [4.69, 9.17) is 0 Å². The minimum atomic E-state index is -4.59. The smallest absolute Gasteiger partial charge is 0.309 e. The number of likely N-dealkylation sites (N-methyl/N-ethyl adjacent to an activating group) is 1. The van der Waals surface area contributed by atoms with Gasteiger partial charge >= 0.3 is 6.18 Å². The van der Waals surface area contributed by atoms with Gasteiger partial charge in [-0.05, 0) is 25.2 Å². The van der Waals surface area contributed by atoms with Gasteiger partial charge in [-0.2, -0.15) is 18.3 Å². The fourth-order valence-electron chi connectivity index (χ4n) is 3.19. The number of aromatic nitrogens is 4. The lowest BCUT2D eigenvalue weighted by molar-refractivity contribution is -0.143. The Morgan fingerprint density at radius 2 is 1.90 bits per heavy atom. The molecule has 0 unspecified atom stereocenters. The molecule has 29 heavy (non-hydrogen) atoms. The van der Waals surface area contributed by atoms with Crippen molar-refractivity contribution < 1.29 is 18.0 Å². The summed E-state index contributed by atoms with van der Waals surface area (Å²) in [5, 5.41) is 6.32. The van der Waals surface area contributed by atoms with E-state index in [-0.39, 0.29) is 11.6 Å². The van der Waals surface area contributed by atoms with Gasteiger partial charge in [0.05, 0.1) is 11.0 Å². The highest BCUT2D eigenvalue weighted by molar-refractivity contribution is 6.02. The van der Waals surface area contributed by atoms with Crippen molar-refractivity contribution in [3.8, 4) is 0 Å². The van der Waals surface area contributed by atoms with Gasteiger partial charge in [-0.3, -0.25) is 14.8 Å². The van der Waals surface area contributed by atoms with Crippen molar-refractivity contribution in [2.45, 2.75) is 26.6 Å².